The van der Waals surface area contributed by atoms with Crippen LogP contribution in [0.1, 0.15) is 51.5 Å². The van der Waals surface area contributed by atoms with Crippen LogP contribution in [0.15, 0.2) is 60.7 Å². The zero-order chi connectivity index (χ0) is 44.2. The van der Waals surface area contributed by atoms with Crippen LogP contribution < -0.4 is 21.3 Å². The lowest BCUT2D eigenvalue weighted by molar-refractivity contribution is -0.159. The predicted molar refractivity (Wildman–Crippen MR) is 222 cm³/mol. The van der Waals surface area contributed by atoms with Gasteiger partial charge in [-0.25, -0.2) is 9.59 Å². The standard InChI is InChI=1S/C43H58N8O10/c1-27-22-35-42(58)61-26-32(46-37(53)31(23-29-14-8-6-9-15-29)47-43(59)45-30-16-10-7-11-17-30)40(56)50-20-13-12-18-34(50)41(57)49(5)33(19-21-60-36(52)25-48(3)4)38(54)44-28(2)39(55)51(35)24-27/h6-11,14-17,27-28,31-35H,12-13,18-26H2,1-5H3,(H,44,54)(H,46,53)(H2,45,47,59)/t27-,28+,31+,32+,33+,34+,35+/m1/s1. The van der Waals surface area contributed by atoms with E-state index in [1.807, 2.05) is 13.0 Å². The number of benzene rings is 2. The molecule has 4 N–H and O–H groups in total. The van der Waals surface area contributed by atoms with Crippen molar-refractivity contribution >= 4 is 53.2 Å². The molecule has 61 heavy (non-hydrogen) atoms. The Morgan fingerprint density at radius 3 is 2.28 bits per heavy atom. The minimum absolute atomic E-state index is 0.00414. The number of fused-ring (bicyclic) bond motifs is 2. The van der Waals surface area contributed by atoms with E-state index in [4.69, 9.17) is 9.47 Å². The van der Waals surface area contributed by atoms with Crippen LogP contribution >= 0.6 is 0 Å². The number of urea groups is 1. The second-order valence-corrected chi connectivity index (χ2v) is 16.2. The Morgan fingerprint density at radius 2 is 1.59 bits per heavy atom. The lowest BCUT2D eigenvalue weighted by atomic mass is 9.98. The average Bonchev–Trinajstić information content (AvgIpc) is 3.63. The molecule has 7 amide bonds. The summed E-state index contributed by atoms with van der Waals surface area (Å²) < 4.78 is 11.1. The molecule has 3 heterocycles. The third-order valence-corrected chi connectivity index (χ3v) is 11.0. The highest BCUT2D eigenvalue weighted by Gasteiger charge is 2.44. The van der Waals surface area contributed by atoms with E-state index in [1.54, 1.807) is 73.6 Å². The second kappa shape index (κ2) is 21.5. The Balaban J connectivity index is 1.47. The lowest BCUT2D eigenvalue weighted by Crippen LogP contribution is -2.63. The Morgan fingerprint density at radius 1 is 0.902 bits per heavy atom. The van der Waals surface area contributed by atoms with Gasteiger partial charge in [-0.15, -0.1) is 0 Å². The summed E-state index contributed by atoms with van der Waals surface area (Å²) in [6.45, 7) is 2.80. The number of hydrogen-bond donors (Lipinski definition) is 4. The summed E-state index contributed by atoms with van der Waals surface area (Å²) in [5.74, 6) is -4.76. The van der Waals surface area contributed by atoms with E-state index in [0.29, 0.717) is 24.1 Å². The van der Waals surface area contributed by atoms with Gasteiger partial charge in [-0.3, -0.25) is 33.7 Å². The fourth-order valence-electron chi connectivity index (χ4n) is 7.88. The van der Waals surface area contributed by atoms with Crippen molar-refractivity contribution in [3.8, 4) is 0 Å². The molecule has 0 radical (unpaired) electrons. The number of rotatable bonds is 11. The SMILES string of the molecule is C[C@@H]1C[C@H]2C(=O)OC[C@H](NC(=O)[C@H](Cc3ccccc3)NC(=O)Nc3ccccc3)C(=O)N3CCCC[C@H]3C(=O)N(C)[C@@H](CCOC(=O)CN(C)C)C(=O)N[C@@H](C)C(=O)N2C1. The van der Waals surface area contributed by atoms with Crippen LogP contribution in [0, 0.1) is 5.92 Å². The van der Waals surface area contributed by atoms with Crippen LogP contribution in [0.25, 0.3) is 0 Å². The number of amides is 7. The highest BCUT2D eigenvalue weighted by atomic mass is 16.5. The molecule has 0 aromatic heterocycles. The predicted octanol–water partition coefficient (Wildman–Crippen LogP) is 0.906. The molecule has 3 fully saturated rings. The molecule has 3 aliphatic heterocycles. The Bertz CT molecular complexity index is 1900. The first-order chi connectivity index (χ1) is 29.1. The zero-order valence-electron chi connectivity index (χ0n) is 35.5. The summed E-state index contributed by atoms with van der Waals surface area (Å²) in [5, 5.41) is 10.8. The van der Waals surface area contributed by atoms with Gasteiger partial charge in [0.1, 0.15) is 42.9 Å². The molecule has 18 heteroatoms. The van der Waals surface area contributed by atoms with Crippen LogP contribution in [0.4, 0.5) is 10.5 Å². The molecule has 0 bridgehead atoms. The van der Waals surface area contributed by atoms with Crippen LogP contribution in [0.2, 0.25) is 0 Å². The number of likely N-dealkylation sites (N-methyl/N-ethyl adjacent to an activating group) is 2. The van der Waals surface area contributed by atoms with E-state index >= 15 is 0 Å². The van der Waals surface area contributed by atoms with Crippen LogP contribution in [-0.4, -0.2) is 157 Å². The van der Waals surface area contributed by atoms with E-state index in [9.17, 15) is 38.4 Å². The second-order valence-electron chi connectivity index (χ2n) is 16.2. The van der Waals surface area contributed by atoms with Crippen molar-refractivity contribution in [2.75, 3.05) is 59.3 Å². The minimum Gasteiger partial charge on any atom is -0.465 e. The number of para-hydroxylation sites is 1. The van der Waals surface area contributed by atoms with Crippen molar-refractivity contribution in [2.24, 2.45) is 5.92 Å². The van der Waals surface area contributed by atoms with E-state index in [1.165, 1.54) is 28.7 Å². The van der Waals surface area contributed by atoms with Crippen molar-refractivity contribution < 1.29 is 47.8 Å². The van der Waals surface area contributed by atoms with Gasteiger partial charge in [0.25, 0.3) is 0 Å². The van der Waals surface area contributed by atoms with Gasteiger partial charge in [-0.05, 0) is 70.3 Å². The quantitative estimate of drug-likeness (QED) is 0.233. The van der Waals surface area contributed by atoms with Gasteiger partial charge in [0, 0.05) is 38.7 Å². The average molecular weight is 847 g/mol. The number of nitrogens with one attached hydrogen (secondary N) is 4. The topological polar surface area (TPSA) is 216 Å². The van der Waals surface area contributed by atoms with Crippen LogP contribution in [-0.2, 0) is 49.5 Å². The highest BCUT2D eigenvalue weighted by molar-refractivity contribution is 5.98. The number of esters is 2. The van der Waals surface area contributed by atoms with Crippen LogP contribution in [0.3, 0.4) is 0 Å². The molecule has 5 rings (SSSR count). The molecule has 0 saturated carbocycles. The molecule has 0 unspecified atom stereocenters. The van der Waals surface area contributed by atoms with Crippen molar-refractivity contribution in [1.29, 1.82) is 0 Å². The third-order valence-electron chi connectivity index (χ3n) is 11.0. The molecular formula is C43H58N8O10. The van der Waals surface area contributed by atoms with E-state index in [2.05, 4.69) is 21.3 Å². The fraction of sp³-hybridized carbons (Fsp3) is 0.535. The molecule has 2 aromatic carbocycles. The van der Waals surface area contributed by atoms with Gasteiger partial charge in [-0.2, -0.15) is 0 Å². The first-order valence-corrected chi connectivity index (χ1v) is 20.7. The van der Waals surface area contributed by atoms with Crippen LogP contribution in [0.5, 0.6) is 0 Å². The Hall–Kier alpha value is -6.04. The number of hydrogen-bond acceptors (Lipinski definition) is 11. The van der Waals surface area contributed by atoms with E-state index in [-0.39, 0.29) is 57.8 Å². The molecule has 18 nitrogen and oxygen atoms in total. The molecule has 0 aliphatic carbocycles. The van der Waals surface area contributed by atoms with E-state index < -0.39 is 90.4 Å². The van der Waals surface area contributed by atoms with Gasteiger partial charge in [0.2, 0.25) is 29.5 Å². The number of ether oxygens (including phenoxy) is 2. The number of carbonyl (C=O) groups excluding carboxylic acids is 8. The molecule has 3 saturated heterocycles. The van der Waals surface area contributed by atoms with Gasteiger partial charge in [-0.1, -0.05) is 55.5 Å². The zero-order valence-corrected chi connectivity index (χ0v) is 35.5. The maximum atomic E-state index is 14.7. The summed E-state index contributed by atoms with van der Waals surface area (Å²) in [5.41, 5.74) is 1.20. The van der Waals surface area contributed by atoms with Gasteiger partial charge < -0.3 is 45.4 Å². The molecule has 0 spiro atoms. The summed E-state index contributed by atoms with van der Waals surface area (Å²) >= 11 is 0. The fourth-order valence-corrected chi connectivity index (χ4v) is 7.88. The van der Waals surface area contributed by atoms with Gasteiger partial charge >= 0.3 is 18.0 Å². The first-order valence-electron chi connectivity index (χ1n) is 20.7. The number of anilines is 1. The molecule has 3 aliphatic rings. The van der Waals surface area contributed by atoms with Gasteiger partial charge in [0.05, 0.1) is 13.2 Å². The Kier molecular flexibility index (Phi) is 16.2. The monoisotopic (exact) mass is 846 g/mol. The van der Waals surface area contributed by atoms with Crippen molar-refractivity contribution in [1.82, 2.24) is 35.6 Å². The number of carbonyl (C=O) groups is 8. The van der Waals surface area contributed by atoms with Crippen molar-refractivity contribution in [3.05, 3.63) is 66.2 Å². The summed E-state index contributed by atoms with van der Waals surface area (Å²) in [6, 6.07) is 9.72. The first kappa shape index (κ1) is 46.0. The third kappa shape index (κ3) is 12.5. The largest absolute Gasteiger partial charge is 0.465 e. The maximum absolute atomic E-state index is 14.7. The summed E-state index contributed by atoms with van der Waals surface area (Å²) in [4.78, 5) is 116. The number of cyclic esters (lactones) is 1. The maximum Gasteiger partial charge on any atom is 0.328 e. The summed E-state index contributed by atoms with van der Waals surface area (Å²) in [6.07, 6.45) is 1.49. The lowest BCUT2D eigenvalue weighted by Gasteiger charge is -2.40. The van der Waals surface area contributed by atoms with Crippen molar-refractivity contribution in [3.63, 3.8) is 0 Å². The van der Waals surface area contributed by atoms with E-state index in [0.717, 1.165) is 0 Å². The van der Waals surface area contributed by atoms with Gasteiger partial charge in [0.15, 0.2) is 0 Å². The molecule has 2 aromatic rings. The normalized spacial score (nSPS) is 24.6. The smallest absolute Gasteiger partial charge is 0.328 e. The Labute approximate surface area is 356 Å². The minimum atomic E-state index is -1.52. The highest BCUT2D eigenvalue weighted by Crippen LogP contribution is 2.26. The number of piperidine rings is 1. The molecule has 7 atom stereocenters. The molecular weight excluding hydrogens is 789 g/mol. The van der Waals surface area contributed by atoms with Crippen molar-refractivity contribution in [2.45, 2.75) is 88.6 Å². The number of nitrogens with zero attached hydrogens (tertiary/aromatic N) is 4. The molecule has 330 valence electrons. The summed E-state index contributed by atoms with van der Waals surface area (Å²) in [7, 11) is 4.82.